The highest BCUT2D eigenvalue weighted by atomic mass is 79.9. The van der Waals surface area contributed by atoms with E-state index < -0.39 is 0 Å². The molecular formula is C17H20BrN5O. The number of carbonyl (C=O) groups is 1. The van der Waals surface area contributed by atoms with Gasteiger partial charge in [-0.1, -0.05) is 22.0 Å². The minimum atomic E-state index is 0.129. The lowest BCUT2D eigenvalue weighted by molar-refractivity contribution is -0.129. The highest BCUT2D eigenvalue weighted by Gasteiger charge is 2.19. The fraction of sp³-hybridized carbons (Fsp3) is 0.353. The van der Waals surface area contributed by atoms with E-state index in [1.165, 1.54) is 5.56 Å². The van der Waals surface area contributed by atoms with Gasteiger partial charge in [0.25, 0.3) is 0 Å². The number of anilines is 3. The second-order valence-corrected chi connectivity index (χ2v) is 6.67. The monoisotopic (exact) mass is 389 g/mol. The molecule has 0 aliphatic carbocycles. The first-order valence-corrected chi connectivity index (χ1v) is 8.69. The Balaban J connectivity index is 1.70. The molecule has 2 aromatic rings. The van der Waals surface area contributed by atoms with E-state index in [9.17, 15) is 4.79 Å². The minimum Gasteiger partial charge on any atom is -0.353 e. The van der Waals surface area contributed by atoms with Gasteiger partial charge in [-0.2, -0.15) is 4.98 Å². The molecule has 2 heterocycles. The zero-order chi connectivity index (χ0) is 17.1. The lowest BCUT2D eigenvalue weighted by Crippen LogP contribution is -2.48. The highest BCUT2D eigenvalue weighted by molar-refractivity contribution is 9.10. The summed E-state index contributed by atoms with van der Waals surface area (Å²) in [6, 6.07) is 7.95. The van der Waals surface area contributed by atoms with Crippen LogP contribution in [-0.2, 0) is 4.79 Å². The molecule has 0 spiro atoms. The standard InChI is InChI=1S/C17H20BrN5O/c1-12-3-4-14(11-15(12)18)20-17-19-6-5-16(21-17)23-9-7-22(8-10-23)13(2)24/h3-6,11H,7-10H2,1-2H3,(H,19,20,21). The van der Waals surface area contributed by atoms with E-state index >= 15 is 0 Å². The average molecular weight is 390 g/mol. The molecule has 7 heteroatoms. The van der Waals surface area contributed by atoms with Crippen LogP contribution in [0.2, 0.25) is 0 Å². The van der Waals surface area contributed by atoms with E-state index in [1.807, 2.05) is 36.1 Å². The van der Waals surface area contributed by atoms with Crippen molar-refractivity contribution in [3.05, 3.63) is 40.5 Å². The molecule has 3 rings (SSSR count). The van der Waals surface area contributed by atoms with Crippen molar-refractivity contribution >= 4 is 39.3 Å². The van der Waals surface area contributed by atoms with Crippen LogP contribution in [0.15, 0.2) is 34.9 Å². The number of nitrogens with one attached hydrogen (secondary N) is 1. The molecule has 1 aliphatic rings. The Labute approximate surface area is 150 Å². The van der Waals surface area contributed by atoms with Crippen molar-refractivity contribution in [3.63, 3.8) is 0 Å². The van der Waals surface area contributed by atoms with Crippen LogP contribution in [0, 0.1) is 6.92 Å². The van der Waals surface area contributed by atoms with Gasteiger partial charge in [0.15, 0.2) is 0 Å². The molecule has 1 N–H and O–H groups in total. The molecule has 24 heavy (non-hydrogen) atoms. The van der Waals surface area contributed by atoms with Crippen molar-refractivity contribution in [3.8, 4) is 0 Å². The predicted molar refractivity (Wildman–Crippen MR) is 98.7 cm³/mol. The number of nitrogens with zero attached hydrogens (tertiary/aromatic N) is 4. The van der Waals surface area contributed by atoms with E-state index in [2.05, 4.69) is 36.1 Å². The third-order valence-electron chi connectivity index (χ3n) is 4.12. The number of halogens is 1. The SMILES string of the molecule is CC(=O)N1CCN(c2ccnc(Nc3ccc(C)c(Br)c3)n2)CC1. The lowest BCUT2D eigenvalue weighted by atomic mass is 10.2. The van der Waals surface area contributed by atoms with Gasteiger partial charge in [0, 0.05) is 49.5 Å². The topological polar surface area (TPSA) is 61.4 Å². The molecule has 0 saturated carbocycles. The van der Waals surface area contributed by atoms with Crippen LogP contribution in [0.1, 0.15) is 12.5 Å². The van der Waals surface area contributed by atoms with Gasteiger partial charge in [-0.25, -0.2) is 4.98 Å². The zero-order valence-electron chi connectivity index (χ0n) is 13.8. The van der Waals surface area contributed by atoms with Crippen LogP contribution in [0.5, 0.6) is 0 Å². The molecule has 0 unspecified atom stereocenters. The van der Waals surface area contributed by atoms with Gasteiger partial charge in [0.05, 0.1) is 0 Å². The molecular weight excluding hydrogens is 370 g/mol. The maximum atomic E-state index is 11.4. The quantitative estimate of drug-likeness (QED) is 0.873. The van der Waals surface area contributed by atoms with Crippen molar-refractivity contribution in [2.24, 2.45) is 0 Å². The van der Waals surface area contributed by atoms with Gasteiger partial charge < -0.3 is 15.1 Å². The Hall–Kier alpha value is -2.15. The number of aryl methyl sites for hydroxylation is 1. The number of hydrogen-bond donors (Lipinski definition) is 1. The van der Waals surface area contributed by atoms with Crippen molar-refractivity contribution < 1.29 is 4.79 Å². The largest absolute Gasteiger partial charge is 0.353 e. The Morgan fingerprint density at radius 1 is 1.21 bits per heavy atom. The van der Waals surface area contributed by atoms with E-state index in [-0.39, 0.29) is 5.91 Å². The second-order valence-electron chi connectivity index (χ2n) is 5.82. The zero-order valence-corrected chi connectivity index (χ0v) is 15.4. The molecule has 1 aliphatic heterocycles. The molecule has 1 aromatic heterocycles. The number of rotatable bonds is 3. The Morgan fingerprint density at radius 3 is 2.62 bits per heavy atom. The van der Waals surface area contributed by atoms with Crippen LogP contribution in [0.4, 0.5) is 17.5 Å². The summed E-state index contributed by atoms with van der Waals surface area (Å²) in [6.07, 6.45) is 1.76. The predicted octanol–water partition coefficient (Wildman–Crippen LogP) is 2.96. The van der Waals surface area contributed by atoms with Gasteiger partial charge in [-0.3, -0.25) is 4.79 Å². The van der Waals surface area contributed by atoms with E-state index in [4.69, 9.17) is 0 Å². The first-order chi connectivity index (χ1) is 11.5. The Kier molecular flexibility index (Phi) is 4.99. The first-order valence-electron chi connectivity index (χ1n) is 7.89. The summed E-state index contributed by atoms with van der Waals surface area (Å²) in [5.41, 5.74) is 2.12. The summed E-state index contributed by atoms with van der Waals surface area (Å²) < 4.78 is 1.05. The second kappa shape index (κ2) is 7.17. The molecule has 1 aromatic carbocycles. The fourth-order valence-electron chi connectivity index (χ4n) is 2.64. The van der Waals surface area contributed by atoms with E-state index in [0.29, 0.717) is 5.95 Å². The number of piperazine rings is 1. The first kappa shape index (κ1) is 16.7. The molecule has 0 atom stereocenters. The van der Waals surface area contributed by atoms with Crippen molar-refractivity contribution in [2.45, 2.75) is 13.8 Å². The number of hydrogen-bond acceptors (Lipinski definition) is 5. The number of carbonyl (C=O) groups excluding carboxylic acids is 1. The third-order valence-corrected chi connectivity index (χ3v) is 4.97. The third kappa shape index (κ3) is 3.84. The van der Waals surface area contributed by atoms with Gasteiger partial charge in [-0.15, -0.1) is 0 Å². The average Bonchev–Trinajstić information content (AvgIpc) is 2.58. The lowest BCUT2D eigenvalue weighted by Gasteiger charge is -2.34. The highest BCUT2D eigenvalue weighted by Crippen LogP contribution is 2.23. The summed E-state index contributed by atoms with van der Waals surface area (Å²) in [4.78, 5) is 24.4. The summed E-state index contributed by atoms with van der Waals surface area (Å²) in [5.74, 6) is 1.57. The summed E-state index contributed by atoms with van der Waals surface area (Å²) in [5, 5.41) is 3.24. The van der Waals surface area contributed by atoms with Gasteiger partial charge in [0.2, 0.25) is 11.9 Å². The smallest absolute Gasteiger partial charge is 0.229 e. The van der Waals surface area contributed by atoms with Gasteiger partial charge in [0.1, 0.15) is 5.82 Å². The van der Waals surface area contributed by atoms with E-state index in [1.54, 1.807) is 13.1 Å². The number of aromatic nitrogens is 2. The Morgan fingerprint density at radius 2 is 1.96 bits per heavy atom. The van der Waals surface area contributed by atoms with Crippen LogP contribution < -0.4 is 10.2 Å². The summed E-state index contributed by atoms with van der Waals surface area (Å²) in [7, 11) is 0. The minimum absolute atomic E-state index is 0.129. The Bertz CT molecular complexity index is 744. The fourth-order valence-corrected chi connectivity index (χ4v) is 3.01. The van der Waals surface area contributed by atoms with Crippen molar-refractivity contribution in [1.82, 2.24) is 14.9 Å². The normalized spacial score (nSPS) is 14.6. The molecule has 6 nitrogen and oxygen atoms in total. The van der Waals surface area contributed by atoms with Gasteiger partial charge >= 0.3 is 0 Å². The molecule has 0 bridgehead atoms. The van der Waals surface area contributed by atoms with Crippen LogP contribution in [0.3, 0.4) is 0 Å². The van der Waals surface area contributed by atoms with Gasteiger partial charge in [-0.05, 0) is 30.7 Å². The van der Waals surface area contributed by atoms with Crippen molar-refractivity contribution in [1.29, 1.82) is 0 Å². The summed E-state index contributed by atoms with van der Waals surface area (Å²) >= 11 is 3.53. The van der Waals surface area contributed by atoms with Crippen LogP contribution >= 0.6 is 15.9 Å². The molecule has 1 amide bonds. The number of benzene rings is 1. The van der Waals surface area contributed by atoms with Crippen molar-refractivity contribution in [2.75, 3.05) is 36.4 Å². The number of amides is 1. The van der Waals surface area contributed by atoms with Crippen LogP contribution in [0.25, 0.3) is 0 Å². The maximum absolute atomic E-state index is 11.4. The molecule has 126 valence electrons. The van der Waals surface area contributed by atoms with Crippen LogP contribution in [-0.4, -0.2) is 47.0 Å². The van der Waals surface area contributed by atoms with E-state index in [0.717, 1.165) is 42.2 Å². The molecule has 1 saturated heterocycles. The molecule has 1 fully saturated rings. The summed E-state index contributed by atoms with van der Waals surface area (Å²) in [6.45, 7) is 6.69. The molecule has 0 radical (unpaired) electrons. The maximum Gasteiger partial charge on any atom is 0.229 e.